The summed E-state index contributed by atoms with van der Waals surface area (Å²) in [4.78, 5) is 38.3. The van der Waals surface area contributed by atoms with Crippen LogP contribution in [0.25, 0.3) is 0 Å². The molecule has 432 valence electrons. The predicted molar refractivity (Wildman–Crippen MR) is 325 cm³/mol. The summed E-state index contributed by atoms with van der Waals surface area (Å²) in [5.41, 5.74) is 0. The molecule has 0 N–H and O–H groups in total. The van der Waals surface area contributed by atoms with Crippen molar-refractivity contribution in [3.8, 4) is 0 Å². The highest BCUT2D eigenvalue weighted by Crippen LogP contribution is 2.16. The van der Waals surface area contributed by atoms with Crippen LogP contribution in [-0.4, -0.2) is 37.2 Å². The minimum Gasteiger partial charge on any atom is -0.462 e. The van der Waals surface area contributed by atoms with E-state index in [9.17, 15) is 14.4 Å². The van der Waals surface area contributed by atoms with E-state index in [2.05, 4.69) is 106 Å². The van der Waals surface area contributed by atoms with Crippen molar-refractivity contribution in [3.63, 3.8) is 0 Å². The van der Waals surface area contributed by atoms with Gasteiger partial charge in [-0.2, -0.15) is 0 Å². The number of hydrogen-bond donors (Lipinski definition) is 0. The summed E-state index contributed by atoms with van der Waals surface area (Å²) in [5.74, 6) is -0.887. The number of ether oxygens (including phenoxy) is 3. The van der Waals surface area contributed by atoms with Crippen LogP contribution >= 0.6 is 0 Å². The van der Waals surface area contributed by atoms with E-state index in [-0.39, 0.29) is 31.1 Å². The lowest BCUT2D eigenvalue weighted by atomic mass is 10.0. The normalized spacial score (nSPS) is 12.6. The Morgan fingerprint density at radius 2 is 0.520 bits per heavy atom. The molecule has 0 saturated heterocycles. The summed E-state index contributed by atoms with van der Waals surface area (Å²) >= 11 is 0. The third kappa shape index (κ3) is 61.3. The third-order valence-electron chi connectivity index (χ3n) is 13.9. The number of rotatable bonds is 58. The van der Waals surface area contributed by atoms with Gasteiger partial charge in [0.15, 0.2) is 6.10 Å². The van der Waals surface area contributed by atoms with Crippen LogP contribution in [0, 0.1) is 0 Å². The van der Waals surface area contributed by atoms with Crippen molar-refractivity contribution in [2.75, 3.05) is 13.2 Å². The maximum absolute atomic E-state index is 12.9. The third-order valence-corrected chi connectivity index (χ3v) is 13.9. The molecule has 0 amide bonds. The van der Waals surface area contributed by atoms with Gasteiger partial charge in [0.2, 0.25) is 0 Å². The Balaban J connectivity index is 4.33. The van der Waals surface area contributed by atoms with Crippen molar-refractivity contribution in [1.29, 1.82) is 0 Å². The Morgan fingerprint density at radius 3 is 0.813 bits per heavy atom. The summed E-state index contributed by atoms with van der Waals surface area (Å²) in [6.07, 6.45) is 83.0. The first kappa shape index (κ1) is 71.6. The largest absolute Gasteiger partial charge is 0.462 e. The lowest BCUT2D eigenvalue weighted by molar-refractivity contribution is -0.167. The molecule has 6 heteroatoms. The molecule has 0 bridgehead atoms. The Morgan fingerprint density at radius 1 is 0.280 bits per heavy atom. The number of carbonyl (C=O) groups is 3. The number of esters is 3. The van der Waals surface area contributed by atoms with Crippen LogP contribution in [0.5, 0.6) is 0 Å². The maximum atomic E-state index is 12.9. The lowest BCUT2D eigenvalue weighted by Crippen LogP contribution is -2.30. The monoisotopic (exact) mass is 1040 g/mol. The molecule has 0 aromatic heterocycles. The molecule has 1 atom stereocenters. The van der Waals surface area contributed by atoms with Gasteiger partial charge < -0.3 is 14.2 Å². The van der Waals surface area contributed by atoms with Gasteiger partial charge in [-0.05, 0) is 96.3 Å². The van der Waals surface area contributed by atoms with Gasteiger partial charge in [0.1, 0.15) is 13.2 Å². The standard InChI is InChI=1S/C69H120O6/c1-4-7-10-13-16-19-22-25-27-29-31-32-33-34-35-36-38-39-41-44-47-50-53-56-59-62-68(71)74-65-66(64-73-67(70)61-58-55-52-49-46-43-24-21-18-15-12-9-6-3)75-69(72)63-60-57-54-51-48-45-42-40-37-30-28-26-23-20-17-14-11-8-5-2/h8,11,17,20,22,25-26,28-29,31,33-34,37,40,66H,4-7,9-10,12-16,18-19,21,23-24,27,30,32,35-36,38-39,41-65H2,1-3H3/b11-8-,20-17-,25-22-,28-26-,31-29-,34-33-,40-37-. The van der Waals surface area contributed by atoms with Crippen molar-refractivity contribution in [1.82, 2.24) is 0 Å². The molecule has 1 unspecified atom stereocenters. The van der Waals surface area contributed by atoms with Crippen molar-refractivity contribution in [3.05, 3.63) is 85.1 Å². The number of hydrogen-bond acceptors (Lipinski definition) is 6. The van der Waals surface area contributed by atoms with E-state index in [4.69, 9.17) is 14.2 Å². The molecule has 0 aromatic rings. The first-order chi connectivity index (χ1) is 37.0. The zero-order valence-electron chi connectivity index (χ0n) is 49.6. The van der Waals surface area contributed by atoms with E-state index in [0.717, 1.165) is 109 Å². The Hall–Kier alpha value is -3.41. The van der Waals surface area contributed by atoms with Crippen LogP contribution < -0.4 is 0 Å². The highest BCUT2D eigenvalue weighted by Gasteiger charge is 2.19. The first-order valence-electron chi connectivity index (χ1n) is 32.1. The molecular formula is C69H120O6. The fourth-order valence-electron chi connectivity index (χ4n) is 9.09. The average molecular weight is 1050 g/mol. The van der Waals surface area contributed by atoms with E-state index in [1.165, 1.54) is 167 Å². The van der Waals surface area contributed by atoms with Crippen LogP contribution in [0.15, 0.2) is 85.1 Å². The fourth-order valence-corrected chi connectivity index (χ4v) is 9.09. The van der Waals surface area contributed by atoms with E-state index in [1.54, 1.807) is 0 Å². The SMILES string of the molecule is CC/C=C\C/C=C\C/C=C\C/C=C\CCCCCCCCC(=O)OC(COC(=O)CCCCCCCCCCCC/C=C\C/C=C\C/C=C\CCCCCCC)COC(=O)CCCCCCCCCCCCCCC. The summed E-state index contributed by atoms with van der Waals surface area (Å²) in [6, 6.07) is 0. The molecule has 0 aliphatic rings. The topological polar surface area (TPSA) is 78.9 Å². The summed E-state index contributed by atoms with van der Waals surface area (Å²) < 4.78 is 16.9. The zero-order chi connectivity index (χ0) is 54.3. The Kier molecular flexibility index (Phi) is 60.3. The summed E-state index contributed by atoms with van der Waals surface area (Å²) in [7, 11) is 0. The minimum atomic E-state index is -0.786. The summed E-state index contributed by atoms with van der Waals surface area (Å²) in [5, 5.41) is 0. The van der Waals surface area contributed by atoms with Crippen LogP contribution in [0.2, 0.25) is 0 Å². The fraction of sp³-hybridized carbons (Fsp3) is 0.754. The van der Waals surface area contributed by atoms with Crippen LogP contribution in [-0.2, 0) is 28.6 Å². The molecular weight excluding hydrogens is 925 g/mol. The van der Waals surface area contributed by atoms with Crippen molar-refractivity contribution in [2.45, 2.75) is 322 Å². The second kappa shape index (κ2) is 63.1. The van der Waals surface area contributed by atoms with Gasteiger partial charge in [0.25, 0.3) is 0 Å². The number of allylic oxidation sites excluding steroid dienone is 14. The molecule has 0 spiro atoms. The second-order valence-corrected chi connectivity index (χ2v) is 21.3. The molecule has 0 radical (unpaired) electrons. The van der Waals surface area contributed by atoms with E-state index < -0.39 is 6.10 Å². The molecule has 0 aliphatic heterocycles. The number of carbonyl (C=O) groups excluding carboxylic acids is 3. The second-order valence-electron chi connectivity index (χ2n) is 21.3. The maximum Gasteiger partial charge on any atom is 0.306 e. The molecule has 0 aliphatic carbocycles. The molecule has 0 heterocycles. The minimum absolute atomic E-state index is 0.0811. The van der Waals surface area contributed by atoms with Gasteiger partial charge >= 0.3 is 17.9 Å². The van der Waals surface area contributed by atoms with Gasteiger partial charge in [-0.15, -0.1) is 0 Å². The van der Waals surface area contributed by atoms with Crippen LogP contribution in [0.4, 0.5) is 0 Å². The van der Waals surface area contributed by atoms with Crippen LogP contribution in [0.1, 0.15) is 316 Å². The molecule has 75 heavy (non-hydrogen) atoms. The lowest BCUT2D eigenvalue weighted by Gasteiger charge is -2.18. The highest BCUT2D eigenvalue weighted by molar-refractivity contribution is 5.71. The van der Waals surface area contributed by atoms with Crippen molar-refractivity contribution in [2.24, 2.45) is 0 Å². The summed E-state index contributed by atoms with van der Waals surface area (Å²) in [6.45, 7) is 6.53. The molecule has 0 fully saturated rings. The Bertz CT molecular complexity index is 1430. The van der Waals surface area contributed by atoms with Gasteiger partial charge in [0, 0.05) is 19.3 Å². The molecule has 0 rings (SSSR count). The highest BCUT2D eigenvalue weighted by atomic mass is 16.6. The molecule has 0 saturated carbocycles. The number of unbranched alkanes of at least 4 members (excludes halogenated alkanes) is 33. The average Bonchev–Trinajstić information content (AvgIpc) is 3.41. The first-order valence-corrected chi connectivity index (χ1v) is 32.1. The Labute approximate surface area is 465 Å². The predicted octanol–water partition coefficient (Wildman–Crippen LogP) is 21.9. The van der Waals surface area contributed by atoms with Crippen molar-refractivity contribution >= 4 is 17.9 Å². The van der Waals surface area contributed by atoms with Crippen molar-refractivity contribution < 1.29 is 28.6 Å². The van der Waals surface area contributed by atoms with E-state index in [0.29, 0.717) is 19.3 Å². The van der Waals surface area contributed by atoms with Gasteiger partial charge in [-0.3, -0.25) is 14.4 Å². The quantitative estimate of drug-likeness (QED) is 0.0261. The van der Waals surface area contributed by atoms with Gasteiger partial charge in [-0.1, -0.05) is 286 Å². The molecule has 0 aromatic carbocycles. The van der Waals surface area contributed by atoms with Gasteiger partial charge in [0.05, 0.1) is 0 Å². The van der Waals surface area contributed by atoms with Gasteiger partial charge in [-0.25, -0.2) is 0 Å². The van der Waals surface area contributed by atoms with E-state index >= 15 is 0 Å². The zero-order valence-corrected chi connectivity index (χ0v) is 49.6. The van der Waals surface area contributed by atoms with E-state index in [1.807, 2.05) is 0 Å². The smallest absolute Gasteiger partial charge is 0.306 e. The molecule has 6 nitrogen and oxygen atoms in total. The van der Waals surface area contributed by atoms with Crippen LogP contribution in [0.3, 0.4) is 0 Å².